The lowest BCUT2D eigenvalue weighted by Crippen LogP contribution is -2.35. The van der Waals surface area contributed by atoms with Crippen LogP contribution in [-0.2, 0) is 0 Å². The van der Waals surface area contributed by atoms with Gasteiger partial charge in [-0.2, -0.15) is 0 Å². The summed E-state index contributed by atoms with van der Waals surface area (Å²) in [4.78, 5) is 0. The Balaban J connectivity index is 1.92. The van der Waals surface area contributed by atoms with E-state index in [1.165, 1.54) is 5.56 Å². The van der Waals surface area contributed by atoms with Gasteiger partial charge in [0.15, 0.2) is 0 Å². The fourth-order valence-electron chi connectivity index (χ4n) is 2.33. The Morgan fingerprint density at radius 1 is 1.56 bits per heavy atom. The predicted octanol–water partition coefficient (Wildman–Crippen LogP) is 1.65. The molecule has 2 atom stereocenters. The molecule has 16 heavy (non-hydrogen) atoms. The first-order valence-electron chi connectivity index (χ1n) is 5.86. The molecule has 2 rings (SSSR count). The summed E-state index contributed by atoms with van der Waals surface area (Å²) < 4.78 is 0. The summed E-state index contributed by atoms with van der Waals surface area (Å²) in [5.74, 6) is 0. The van der Waals surface area contributed by atoms with Gasteiger partial charge in [-0.25, -0.2) is 0 Å². The van der Waals surface area contributed by atoms with Gasteiger partial charge in [-0.05, 0) is 43.9 Å². The van der Waals surface area contributed by atoms with Crippen LogP contribution in [0.1, 0.15) is 24.8 Å². The van der Waals surface area contributed by atoms with Crippen molar-refractivity contribution >= 4 is 5.69 Å². The van der Waals surface area contributed by atoms with E-state index in [0.29, 0.717) is 13.0 Å². The van der Waals surface area contributed by atoms with Crippen molar-refractivity contribution in [1.82, 2.24) is 0 Å². The zero-order valence-electron chi connectivity index (χ0n) is 9.74. The van der Waals surface area contributed by atoms with Gasteiger partial charge in [0, 0.05) is 18.3 Å². The summed E-state index contributed by atoms with van der Waals surface area (Å²) >= 11 is 0. The Morgan fingerprint density at radius 3 is 3.00 bits per heavy atom. The Kier molecular flexibility index (Phi) is 3.17. The molecule has 0 aromatic heterocycles. The maximum absolute atomic E-state index is 10.2. The molecule has 1 aromatic rings. The fraction of sp³-hybridized carbons (Fsp3) is 0.538. The van der Waals surface area contributed by atoms with Crippen LogP contribution in [0.5, 0.6) is 0 Å². The summed E-state index contributed by atoms with van der Waals surface area (Å²) in [6.45, 7) is 2.65. The molecule has 1 aromatic carbocycles. The fourth-order valence-corrected chi connectivity index (χ4v) is 2.33. The first kappa shape index (κ1) is 11.4. The SMILES string of the molecule is Cc1cccc(NCC2(O)CCC(N)C2)c1. The monoisotopic (exact) mass is 220 g/mol. The van der Waals surface area contributed by atoms with Crippen molar-refractivity contribution in [2.75, 3.05) is 11.9 Å². The number of benzene rings is 1. The largest absolute Gasteiger partial charge is 0.388 e. The molecule has 0 bridgehead atoms. The Morgan fingerprint density at radius 2 is 2.38 bits per heavy atom. The Bertz CT molecular complexity index is 367. The first-order chi connectivity index (χ1) is 7.57. The number of hydrogen-bond acceptors (Lipinski definition) is 3. The number of nitrogens with one attached hydrogen (secondary N) is 1. The summed E-state index contributed by atoms with van der Waals surface area (Å²) in [6, 6.07) is 8.33. The van der Waals surface area contributed by atoms with Gasteiger partial charge in [0.05, 0.1) is 5.60 Å². The molecular weight excluding hydrogens is 200 g/mol. The normalized spacial score (nSPS) is 29.3. The van der Waals surface area contributed by atoms with Crippen molar-refractivity contribution < 1.29 is 5.11 Å². The Labute approximate surface area is 96.7 Å². The summed E-state index contributed by atoms with van der Waals surface area (Å²) in [5, 5.41) is 13.5. The average Bonchev–Trinajstić information content (AvgIpc) is 2.57. The summed E-state index contributed by atoms with van der Waals surface area (Å²) in [6.07, 6.45) is 2.42. The molecular formula is C13H20N2O. The van der Waals surface area contributed by atoms with Crippen LogP contribution in [0.2, 0.25) is 0 Å². The van der Waals surface area contributed by atoms with Crippen molar-refractivity contribution in [3.8, 4) is 0 Å². The van der Waals surface area contributed by atoms with Gasteiger partial charge in [0.25, 0.3) is 0 Å². The van der Waals surface area contributed by atoms with Crippen LogP contribution in [0.3, 0.4) is 0 Å². The highest BCUT2D eigenvalue weighted by Crippen LogP contribution is 2.29. The maximum atomic E-state index is 10.2. The zero-order valence-corrected chi connectivity index (χ0v) is 9.74. The van der Waals surface area contributed by atoms with Crippen molar-refractivity contribution in [1.29, 1.82) is 0 Å². The highest BCUT2D eigenvalue weighted by Gasteiger charge is 2.35. The average molecular weight is 220 g/mol. The molecule has 1 aliphatic carbocycles. The van der Waals surface area contributed by atoms with Gasteiger partial charge >= 0.3 is 0 Å². The topological polar surface area (TPSA) is 58.3 Å². The van der Waals surface area contributed by atoms with Crippen molar-refractivity contribution in [2.24, 2.45) is 5.73 Å². The summed E-state index contributed by atoms with van der Waals surface area (Å²) in [7, 11) is 0. The quantitative estimate of drug-likeness (QED) is 0.726. The minimum Gasteiger partial charge on any atom is -0.388 e. The van der Waals surface area contributed by atoms with E-state index in [9.17, 15) is 5.11 Å². The van der Waals surface area contributed by atoms with Gasteiger partial charge in [0.1, 0.15) is 0 Å². The molecule has 0 aliphatic heterocycles. The second-order valence-electron chi connectivity index (χ2n) is 4.95. The minimum absolute atomic E-state index is 0.157. The molecule has 1 aliphatic rings. The number of aryl methyl sites for hydroxylation is 1. The second kappa shape index (κ2) is 4.44. The number of aliphatic hydroxyl groups is 1. The van der Waals surface area contributed by atoms with Crippen molar-refractivity contribution in [3.63, 3.8) is 0 Å². The number of nitrogens with two attached hydrogens (primary N) is 1. The van der Waals surface area contributed by atoms with E-state index in [1.807, 2.05) is 12.1 Å². The number of hydrogen-bond donors (Lipinski definition) is 3. The van der Waals surface area contributed by atoms with Gasteiger partial charge in [0.2, 0.25) is 0 Å². The van der Waals surface area contributed by atoms with Crippen molar-refractivity contribution in [3.05, 3.63) is 29.8 Å². The molecule has 3 nitrogen and oxygen atoms in total. The molecule has 0 amide bonds. The highest BCUT2D eigenvalue weighted by molar-refractivity contribution is 5.45. The van der Waals surface area contributed by atoms with E-state index in [0.717, 1.165) is 18.5 Å². The van der Waals surface area contributed by atoms with E-state index >= 15 is 0 Å². The maximum Gasteiger partial charge on any atom is 0.0834 e. The van der Waals surface area contributed by atoms with Crippen molar-refractivity contribution in [2.45, 2.75) is 37.8 Å². The minimum atomic E-state index is -0.622. The van der Waals surface area contributed by atoms with Crippen LogP contribution in [0, 0.1) is 6.92 Å². The highest BCUT2D eigenvalue weighted by atomic mass is 16.3. The van der Waals surface area contributed by atoms with E-state index in [4.69, 9.17) is 5.73 Å². The molecule has 0 spiro atoms. The van der Waals surface area contributed by atoms with Crippen LogP contribution in [0.4, 0.5) is 5.69 Å². The standard InChI is InChI=1S/C13H20N2O/c1-10-3-2-4-12(7-10)15-9-13(16)6-5-11(14)8-13/h2-4,7,11,15-16H,5-6,8-9,14H2,1H3. The molecule has 0 radical (unpaired) electrons. The number of rotatable bonds is 3. The first-order valence-corrected chi connectivity index (χ1v) is 5.86. The lowest BCUT2D eigenvalue weighted by molar-refractivity contribution is 0.0601. The summed E-state index contributed by atoms with van der Waals surface area (Å²) in [5.41, 5.74) is 7.48. The van der Waals surface area contributed by atoms with E-state index in [1.54, 1.807) is 0 Å². The molecule has 4 N–H and O–H groups in total. The molecule has 1 saturated carbocycles. The van der Waals surface area contributed by atoms with Gasteiger partial charge in [-0.1, -0.05) is 12.1 Å². The third-order valence-electron chi connectivity index (χ3n) is 3.26. The molecule has 3 heteroatoms. The lowest BCUT2D eigenvalue weighted by Gasteiger charge is -2.23. The van der Waals surface area contributed by atoms with Gasteiger partial charge in [-0.15, -0.1) is 0 Å². The van der Waals surface area contributed by atoms with Crippen LogP contribution in [-0.4, -0.2) is 23.3 Å². The van der Waals surface area contributed by atoms with Gasteiger partial charge < -0.3 is 16.2 Å². The van der Waals surface area contributed by atoms with E-state index < -0.39 is 5.60 Å². The third kappa shape index (κ3) is 2.74. The predicted molar refractivity (Wildman–Crippen MR) is 66.4 cm³/mol. The Hall–Kier alpha value is -1.06. The number of anilines is 1. The molecule has 1 fully saturated rings. The smallest absolute Gasteiger partial charge is 0.0834 e. The van der Waals surface area contributed by atoms with Gasteiger partial charge in [-0.3, -0.25) is 0 Å². The van der Waals surface area contributed by atoms with E-state index in [2.05, 4.69) is 24.4 Å². The lowest BCUT2D eigenvalue weighted by atomic mass is 10.0. The van der Waals surface area contributed by atoms with Crippen LogP contribution < -0.4 is 11.1 Å². The van der Waals surface area contributed by atoms with Crippen LogP contribution in [0.15, 0.2) is 24.3 Å². The zero-order chi connectivity index (χ0) is 11.6. The molecule has 88 valence electrons. The molecule has 0 heterocycles. The third-order valence-corrected chi connectivity index (χ3v) is 3.26. The molecule has 0 saturated heterocycles. The molecule has 2 unspecified atom stereocenters. The van der Waals surface area contributed by atoms with E-state index in [-0.39, 0.29) is 6.04 Å². The van der Waals surface area contributed by atoms with Crippen LogP contribution in [0.25, 0.3) is 0 Å². The second-order valence-corrected chi connectivity index (χ2v) is 4.95. The van der Waals surface area contributed by atoms with Crippen LogP contribution >= 0.6 is 0 Å².